The molecule has 3 aliphatic rings. The molecule has 2 aromatic carbocycles. The standard InChI is InChI=1S/C21H22N2O3/c24-21(22-15-3-5-16(6-4-15)23-9-1-2-10-23)19-17-8-12-25-18(17)13-14-7-11-26-20(14)19/h3-6,13H,1-2,7-12H2,(H,22,24). The zero-order chi connectivity index (χ0) is 17.5. The van der Waals surface area contributed by atoms with Crippen LogP contribution in [0.1, 0.15) is 34.3 Å². The van der Waals surface area contributed by atoms with E-state index in [1.54, 1.807) is 0 Å². The average Bonchev–Trinajstić information content (AvgIpc) is 3.40. The first kappa shape index (κ1) is 15.6. The Labute approximate surface area is 152 Å². The second kappa shape index (κ2) is 6.24. The molecule has 0 saturated carbocycles. The first-order chi connectivity index (χ1) is 12.8. The Kier molecular flexibility index (Phi) is 3.73. The van der Waals surface area contributed by atoms with Gasteiger partial charge in [0.2, 0.25) is 0 Å². The van der Waals surface area contributed by atoms with Crippen molar-refractivity contribution in [2.24, 2.45) is 0 Å². The molecule has 0 radical (unpaired) electrons. The summed E-state index contributed by atoms with van der Waals surface area (Å²) in [6.07, 6.45) is 4.09. The Balaban J connectivity index is 1.41. The minimum atomic E-state index is -0.112. The number of nitrogens with zero attached hydrogens (tertiary/aromatic N) is 1. The number of benzene rings is 2. The Morgan fingerprint density at radius 2 is 1.77 bits per heavy atom. The molecule has 3 aliphatic heterocycles. The fourth-order valence-corrected chi connectivity index (χ4v) is 4.15. The van der Waals surface area contributed by atoms with Gasteiger partial charge in [-0.15, -0.1) is 0 Å². The van der Waals surface area contributed by atoms with E-state index in [-0.39, 0.29) is 5.91 Å². The largest absolute Gasteiger partial charge is 0.493 e. The van der Waals surface area contributed by atoms with E-state index in [0.717, 1.165) is 54.2 Å². The Morgan fingerprint density at radius 3 is 2.58 bits per heavy atom. The van der Waals surface area contributed by atoms with Crippen molar-refractivity contribution in [1.82, 2.24) is 0 Å². The summed E-state index contributed by atoms with van der Waals surface area (Å²) in [5.74, 6) is 1.46. The van der Waals surface area contributed by atoms with Crippen LogP contribution in [0, 0.1) is 0 Å². The normalized spacial score (nSPS) is 17.5. The highest BCUT2D eigenvalue weighted by Gasteiger charge is 2.30. The molecule has 0 aliphatic carbocycles. The second-order valence-corrected chi connectivity index (χ2v) is 7.11. The zero-order valence-electron chi connectivity index (χ0n) is 14.7. The minimum absolute atomic E-state index is 0.112. The van der Waals surface area contributed by atoms with Crippen molar-refractivity contribution >= 4 is 17.3 Å². The van der Waals surface area contributed by atoms with E-state index in [1.165, 1.54) is 18.5 Å². The first-order valence-electron chi connectivity index (χ1n) is 9.40. The second-order valence-electron chi connectivity index (χ2n) is 7.11. The lowest BCUT2D eigenvalue weighted by Crippen LogP contribution is -2.18. The van der Waals surface area contributed by atoms with E-state index in [4.69, 9.17) is 9.47 Å². The topological polar surface area (TPSA) is 50.8 Å². The van der Waals surface area contributed by atoms with Gasteiger partial charge in [0.05, 0.1) is 18.8 Å². The third kappa shape index (κ3) is 2.59. The Bertz CT molecular complexity index is 822. The molecule has 1 fully saturated rings. The third-order valence-corrected chi connectivity index (χ3v) is 5.47. The van der Waals surface area contributed by atoms with Crippen LogP contribution in [-0.2, 0) is 12.8 Å². The summed E-state index contributed by atoms with van der Waals surface area (Å²) < 4.78 is 11.5. The van der Waals surface area contributed by atoms with Crippen LogP contribution in [-0.4, -0.2) is 32.2 Å². The molecule has 5 heteroatoms. The van der Waals surface area contributed by atoms with E-state index < -0.39 is 0 Å². The van der Waals surface area contributed by atoms with E-state index in [1.807, 2.05) is 18.2 Å². The highest BCUT2D eigenvalue weighted by molar-refractivity contribution is 6.08. The van der Waals surface area contributed by atoms with Gasteiger partial charge in [0, 0.05) is 48.4 Å². The molecule has 1 N–H and O–H groups in total. The van der Waals surface area contributed by atoms with Gasteiger partial charge >= 0.3 is 0 Å². The van der Waals surface area contributed by atoms with Crippen LogP contribution in [0.3, 0.4) is 0 Å². The molecule has 3 heterocycles. The molecule has 0 spiro atoms. The molecule has 0 bridgehead atoms. The number of nitrogens with one attached hydrogen (secondary N) is 1. The quantitative estimate of drug-likeness (QED) is 0.922. The summed E-state index contributed by atoms with van der Waals surface area (Å²) in [7, 11) is 0. The van der Waals surface area contributed by atoms with E-state index in [9.17, 15) is 4.79 Å². The summed E-state index contributed by atoms with van der Waals surface area (Å²) >= 11 is 0. The fraction of sp³-hybridized carbons (Fsp3) is 0.381. The molecule has 0 aromatic heterocycles. The number of anilines is 2. The van der Waals surface area contributed by atoms with Crippen LogP contribution >= 0.6 is 0 Å². The first-order valence-corrected chi connectivity index (χ1v) is 9.40. The summed E-state index contributed by atoms with van der Waals surface area (Å²) in [6, 6.07) is 10.2. The molecular weight excluding hydrogens is 328 g/mol. The molecule has 0 atom stereocenters. The molecule has 26 heavy (non-hydrogen) atoms. The van der Waals surface area contributed by atoms with E-state index >= 15 is 0 Å². The van der Waals surface area contributed by atoms with Crippen molar-refractivity contribution in [1.29, 1.82) is 0 Å². The van der Waals surface area contributed by atoms with Crippen LogP contribution in [0.5, 0.6) is 11.5 Å². The number of hydrogen-bond donors (Lipinski definition) is 1. The van der Waals surface area contributed by atoms with Crippen molar-refractivity contribution in [3.8, 4) is 11.5 Å². The van der Waals surface area contributed by atoms with Gasteiger partial charge < -0.3 is 19.7 Å². The van der Waals surface area contributed by atoms with Gasteiger partial charge in [-0.25, -0.2) is 0 Å². The van der Waals surface area contributed by atoms with Crippen molar-refractivity contribution < 1.29 is 14.3 Å². The number of hydrogen-bond acceptors (Lipinski definition) is 4. The maximum atomic E-state index is 13.0. The average molecular weight is 350 g/mol. The lowest BCUT2D eigenvalue weighted by atomic mass is 9.99. The molecule has 2 aromatic rings. The third-order valence-electron chi connectivity index (χ3n) is 5.47. The monoisotopic (exact) mass is 350 g/mol. The summed E-state index contributed by atoms with van der Waals surface area (Å²) in [5, 5.41) is 3.04. The van der Waals surface area contributed by atoms with Gasteiger partial charge in [0.15, 0.2) is 0 Å². The van der Waals surface area contributed by atoms with Gasteiger partial charge in [-0.3, -0.25) is 4.79 Å². The molecule has 5 nitrogen and oxygen atoms in total. The fourth-order valence-electron chi connectivity index (χ4n) is 4.15. The number of rotatable bonds is 3. The van der Waals surface area contributed by atoms with E-state index in [0.29, 0.717) is 18.8 Å². The van der Waals surface area contributed by atoms with Crippen molar-refractivity contribution in [2.75, 3.05) is 36.5 Å². The van der Waals surface area contributed by atoms with Crippen LogP contribution in [0.25, 0.3) is 0 Å². The lowest BCUT2D eigenvalue weighted by Gasteiger charge is -2.18. The van der Waals surface area contributed by atoms with E-state index in [2.05, 4.69) is 22.3 Å². The Morgan fingerprint density at radius 1 is 1.00 bits per heavy atom. The number of amides is 1. The Hall–Kier alpha value is -2.69. The van der Waals surface area contributed by atoms with Crippen LogP contribution in [0.4, 0.5) is 11.4 Å². The summed E-state index contributed by atoms with van der Waals surface area (Å²) in [6.45, 7) is 3.49. The van der Waals surface area contributed by atoms with Crippen molar-refractivity contribution in [3.05, 3.63) is 47.0 Å². The molecule has 0 unspecified atom stereocenters. The summed E-state index contributed by atoms with van der Waals surface area (Å²) in [5.41, 5.74) is 4.72. The summed E-state index contributed by atoms with van der Waals surface area (Å²) in [4.78, 5) is 15.4. The zero-order valence-corrected chi connectivity index (χ0v) is 14.7. The number of ether oxygens (including phenoxy) is 2. The molecule has 1 amide bonds. The lowest BCUT2D eigenvalue weighted by molar-refractivity contribution is 0.102. The number of fused-ring (bicyclic) bond motifs is 2. The molecular formula is C21H22N2O3. The maximum absolute atomic E-state index is 13.0. The SMILES string of the molecule is O=C(Nc1ccc(N2CCCC2)cc1)c1c2c(cc3c1OCC3)OCC2. The predicted octanol–water partition coefficient (Wildman–Crippen LogP) is 3.41. The molecule has 1 saturated heterocycles. The van der Waals surface area contributed by atoms with Gasteiger partial charge in [-0.2, -0.15) is 0 Å². The molecule has 134 valence electrons. The van der Waals surface area contributed by atoms with Crippen molar-refractivity contribution in [3.63, 3.8) is 0 Å². The van der Waals surface area contributed by atoms with Gasteiger partial charge in [-0.05, 0) is 43.2 Å². The number of carbonyl (C=O) groups excluding carboxylic acids is 1. The molecule has 5 rings (SSSR count). The number of carbonyl (C=O) groups is 1. The van der Waals surface area contributed by atoms with Gasteiger partial charge in [0.25, 0.3) is 5.91 Å². The smallest absolute Gasteiger partial charge is 0.259 e. The van der Waals surface area contributed by atoms with Crippen LogP contribution in [0.2, 0.25) is 0 Å². The minimum Gasteiger partial charge on any atom is -0.493 e. The maximum Gasteiger partial charge on any atom is 0.259 e. The van der Waals surface area contributed by atoms with Gasteiger partial charge in [0.1, 0.15) is 11.5 Å². The predicted molar refractivity (Wildman–Crippen MR) is 101 cm³/mol. The van der Waals surface area contributed by atoms with Crippen LogP contribution < -0.4 is 19.7 Å². The highest BCUT2D eigenvalue weighted by atomic mass is 16.5. The highest BCUT2D eigenvalue weighted by Crippen LogP contribution is 2.40. The van der Waals surface area contributed by atoms with Crippen molar-refractivity contribution in [2.45, 2.75) is 25.7 Å². The van der Waals surface area contributed by atoms with Crippen LogP contribution in [0.15, 0.2) is 30.3 Å². The van der Waals surface area contributed by atoms with Gasteiger partial charge in [-0.1, -0.05) is 0 Å².